The molecule has 136 valence electrons. The second-order valence-electron chi connectivity index (χ2n) is 6.47. The molecule has 1 N–H and O–H groups in total. The number of hydrogen-bond acceptors (Lipinski definition) is 3. The van der Waals surface area contributed by atoms with Crippen molar-refractivity contribution in [2.45, 2.75) is 12.8 Å². The number of rotatable bonds is 6. The summed E-state index contributed by atoms with van der Waals surface area (Å²) in [7, 11) is 0. The predicted octanol–water partition coefficient (Wildman–Crippen LogP) is 3.18. The molecule has 0 unspecified atom stereocenters. The lowest BCUT2D eigenvalue weighted by Crippen LogP contribution is -2.23. The fraction of sp³-hybridized carbons (Fsp3) is 0.182. The summed E-state index contributed by atoms with van der Waals surface area (Å²) in [5, 5.41) is 7.28. The molecule has 1 aromatic heterocycles. The standard InChI is InChI=1S/C22H21N3O2/c26-22(9-7-17-6-8-21-19(14-17)11-13-27-21)23-12-10-18-15-24-25(16-18)20-4-2-1-3-5-20/h1-9,14-16H,10-13H2,(H,23,26)/b9-7+. The number of amides is 1. The number of carbonyl (C=O) groups is 1. The Morgan fingerprint density at radius 3 is 3.00 bits per heavy atom. The number of fused-ring (bicyclic) bond motifs is 1. The van der Waals surface area contributed by atoms with E-state index < -0.39 is 0 Å². The van der Waals surface area contributed by atoms with E-state index in [-0.39, 0.29) is 5.91 Å². The second kappa shape index (κ2) is 7.91. The molecule has 3 aromatic rings. The minimum atomic E-state index is -0.0952. The second-order valence-corrected chi connectivity index (χ2v) is 6.47. The molecule has 2 aromatic carbocycles. The summed E-state index contributed by atoms with van der Waals surface area (Å²) in [6, 6.07) is 16.0. The van der Waals surface area contributed by atoms with Gasteiger partial charge in [0.1, 0.15) is 5.75 Å². The molecule has 4 rings (SSSR count). The molecule has 1 amide bonds. The van der Waals surface area contributed by atoms with Crippen molar-refractivity contribution in [3.63, 3.8) is 0 Å². The van der Waals surface area contributed by atoms with Crippen LogP contribution in [0.4, 0.5) is 0 Å². The van der Waals surface area contributed by atoms with Crippen LogP contribution in [0, 0.1) is 0 Å². The maximum Gasteiger partial charge on any atom is 0.244 e. The van der Waals surface area contributed by atoms with Gasteiger partial charge in [0.2, 0.25) is 5.91 Å². The smallest absolute Gasteiger partial charge is 0.244 e. The molecule has 27 heavy (non-hydrogen) atoms. The Hall–Kier alpha value is -3.34. The Labute approximate surface area is 158 Å². The molecule has 0 saturated carbocycles. The monoisotopic (exact) mass is 359 g/mol. The fourth-order valence-corrected chi connectivity index (χ4v) is 3.08. The topological polar surface area (TPSA) is 56.1 Å². The molecule has 0 atom stereocenters. The lowest BCUT2D eigenvalue weighted by molar-refractivity contribution is -0.116. The largest absolute Gasteiger partial charge is 0.493 e. The van der Waals surface area contributed by atoms with Gasteiger partial charge in [-0.2, -0.15) is 5.10 Å². The first-order valence-electron chi connectivity index (χ1n) is 9.08. The van der Waals surface area contributed by atoms with E-state index in [0.29, 0.717) is 6.54 Å². The van der Waals surface area contributed by atoms with Crippen molar-refractivity contribution in [1.82, 2.24) is 15.1 Å². The third-order valence-electron chi connectivity index (χ3n) is 4.51. The van der Waals surface area contributed by atoms with Gasteiger partial charge in [-0.05, 0) is 53.5 Å². The highest BCUT2D eigenvalue weighted by Crippen LogP contribution is 2.26. The number of benzene rings is 2. The van der Waals surface area contributed by atoms with Crippen LogP contribution in [0.1, 0.15) is 16.7 Å². The van der Waals surface area contributed by atoms with Crippen LogP contribution in [0.15, 0.2) is 67.0 Å². The highest BCUT2D eigenvalue weighted by atomic mass is 16.5. The molecule has 0 spiro atoms. The number of nitrogens with zero attached hydrogens (tertiary/aromatic N) is 2. The third kappa shape index (κ3) is 4.26. The van der Waals surface area contributed by atoms with Crippen LogP contribution in [0.3, 0.4) is 0 Å². The van der Waals surface area contributed by atoms with Gasteiger partial charge in [0.15, 0.2) is 0 Å². The summed E-state index contributed by atoms with van der Waals surface area (Å²) < 4.78 is 7.34. The van der Waals surface area contributed by atoms with Gasteiger partial charge in [-0.15, -0.1) is 0 Å². The van der Waals surface area contributed by atoms with Crippen molar-refractivity contribution < 1.29 is 9.53 Å². The van der Waals surface area contributed by atoms with Crippen LogP contribution in [-0.4, -0.2) is 28.8 Å². The van der Waals surface area contributed by atoms with E-state index in [1.165, 1.54) is 5.56 Å². The molecule has 0 bridgehead atoms. The number of ether oxygens (including phenoxy) is 1. The number of para-hydroxylation sites is 1. The van der Waals surface area contributed by atoms with Gasteiger partial charge < -0.3 is 10.1 Å². The molecular formula is C22H21N3O2. The van der Waals surface area contributed by atoms with Crippen LogP contribution in [0.5, 0.6) is 5.75 Å². The Kier molecular flexibility index (Phi) is 5.01. The van der Waals surface area contributed by atoms with Gasteiger partial charge in [-0.3, -0.25) is 4.79 Å². The Morgan fingerprint density at radius 1 is 1.22 bits per heavy atom. The van der Waals surface area contributed by atoms with Gasteiger partial charge in [0, 0.05) is 25.2 Å². The SMILES string of the molecule is O=C(/C=C/c1ccc2c(c1)CCO2)NCCc1cnn(-c2ccccc2)c1. The van der Waals surface area contributed by atoms with Crippen LogP contribution in [-0.2, 0) is 17.6 Å². The minimum absolute atomic E-state index is 0.0952. The van der Waals surface area contributed by atoms with E-state index in [9.17, 15) is 4.79 Å². The zero-order valence-electron chi connectivity index (χ0n) is 15.0. The van der Waals surface area contributed by atoms with Gasteiger partial charge in [-0.25, -0.2) is 4.68 Å². The Balaban J connectivity index is 1.27. The minimum Gasteiger partial charge on any atom is -0.493 e. The van der Waals surface area contributed by atoms with Crippen LogP contribution in [0.25, 0.3) is 11.8 Å². The molecule has 0 radical (unpaired) electrons. The molecular weight excluding hydrogens is 338 g/mol. The van der Waals surface area contributed by atoms with Crippen LogP contribution >= 0.6 is 0 Å². The molecule has 2 heterocycles. The molecule has 1 aliphatic rings. The molecule has 1 aliphatic heterocycles. The van der Waals surface area contributed by atoms with Crippen LogP contribution < -0.4 is 10.1 Å². The average molecular weight is 359 g/mol. The van der Waals surface area contributed by atoms with E-state index in [1.54, 1.807) is 6.08 Å². The maximum atomic E-state index is 12.0. The highest BCUT2D eigenvalue weighted by Gasteiger charge is 2.11. The first-order valence-corrected chi connectivity index (χ1v) is 9.08. The Bertz CT molecular complexity index is 961. The summed E-state index contributed by atoms with van der Waals surface area (Å²) in [6.07, 6.45) is 8.90. The molecule has 0 fully saturated rings. The number of aromatic nitrogens is 2. The zero-order valence-corrected chi connectivity index (χ0v) is 15.0. The van der Waals surface area contributed by atoms with Gasteiger partial charge in [0.25, 0.3) is 0 Å². The highest BCUT2D eigenvalue weighted by molar-refractivity contribution is 5.91. The van der Waals surface area contributed by atoms with Crippen molar-refractivity contribution in [3.8, 4) is 11.4 Å². The van der Waals surface area contributed by atoms with Crippen LogP contribution in [0.2, 0.25) is 0 Å². The van der Waals surface area contributed by atoms with Crippen molar-refractivity contribution in [1.29, 1.82) is 0 Å². The van der Waals surface area contributed by atoms with E-state index in [1.807, 2.05) is 65.6 Å². The molecule has 0 aliphatic carbocycles. The van der Waals surface area contributed by atoms with Gasteiger partial charge in [-0.1, -0.05) is 24.3 Å². The van der Waals surface area contributed by atoms with E-state index in [2.05, 4.69) is 16.5 Å². The summed E-state index contributed by atoms with van der Waals surface area (Å²) in [6.45, 7) is 1.31. The summed E-state index contributed by atoms with van der Waals surface area (Å²) in [5.74, 6) is 0.856. The van der Waals surface area contributed by atoms with Crippen molar-refractivity contribution in [2.24, 2.45) is 0 Å². The summed E-state index contributed by atoms with van der Waals surface area (Å²) in [4.78, 5) is 12.0. The molecule has 5 nitrogen and oxygen atoms in total. The number of carbonyl (C=O) groups excluding carboxylic acids is 1. The maximum absolute atomic E-state index is 12.0. The Morgan fingerprint density at radius 2 is 2.11 bits per heavy atom. The zero-order chi connectivity index (χ0) is 18.5. The lowest BCUT2D eigenvalue weighted by atomic mass is 10.1. The first kappa shape index (κ1) is 17.1. The van der Waals surface area contributed by atoms with E-state index in [4.69, 9.17) is 4.74 Å². The predicted molar refractivity (Wildman–Crippen MR) is 105 cm³/mol. The lowest BCUT2D eigenvalue weighted by Gasteiger charge is -2.02. The third-order valence-corrected chi connectivity index (χ3v) is 4.51. The molecule has 5 heteroatoms. The quantitative estimate of drug-likeness (QED) is 0.688. The van der Waals surface area contributed by atoms with E-state index >= 15 is 0 Å². The van der Waals surface area contributed by atoms with E-state index in [0.717, 1.165) is 42.0 Å². The molecule has 0 saturated heterocycles. The number of hydrogen-bond donors (Lipinski definition) is 1. The van der Waals surface area contributed by atoms with Crippen molar-refractivity contribution >= 4 is 12.0 Å². The fourth-order valence-electron chi connectivity index (χ4n) is 3.08. The van der Waals surface area contributed by atoms with Crippen molar-refractivity contribution in [2.75, 3.05) is 13.2 Å². The summed E-state index contributed by atoms with van der Waals surface area (Å²) >= 11 is 0. The summed E-state index contributed by atoms with van der Waals surface area (Å²) in [5.41, 5.74) is 4.32. The number of nitrogens with one attached hydrogen (secondary N) is 1. The van der Waals surface area contributed by atoms with Gasteiger partial charge in [0.05, 0.1) is 18.5 Å². The normalized spacial score (nSPS) is 12.7. The first-order chi connectivity index (χ1) is 13.3. The van der Waals surface area contributed by atoms with Gasteiger partial charge >= 0.3 is 0 Å². The van der Waals surface area contributed by atoms with Crippen molar-refractivity contribution in [3.05, 3.63) is 83.7 Å². The average Bonchev–Trinajstić information content (AvgIpc) is 3.36.